The molecule has 0 bridgehead atoms. The van der Waals surface area contributed by atoms with Crippen molar-refractivity contribution >= 4 is 23.5 Å². The Morgan fingerprint density at radius 1 is 1.21 bits per heavy atom. The van der Waals surface area contributed by atoms with Gasteiger partial charge in [0.25, 0.3) is 5.91 Å². The Hall–Kier alpha value is -2.41. The first-order valence-electron chi connectivity index (χ1n) is 9.29. The van der Waals surface area contributed by atoms with E-state index in [1.807, 2.05) is 13.8 Å². The predicted molar refractivity (Wildman–Crippen MR) is 103 cm³/mol. The molecule has 8 heteroatoms. The zero-order chi connectivity index (χ0) is 20.4. The fourth-order valence-corrected chi connectivity index (χ4v) is 4.02. The largest absolute Gasteiger partial charge is 0.452 e. The molecule has 1 fully saturated rings. The number of amides is 1. The van der Waals surface area contributed by atoms with Crippen molar-refractivity contribution in [2.75, 3.05) is 6.61 Å². The maximum absolute atomic E-state index is 13.1. The summed E-state index contributed by atoms with van der Waals surface area (Å²) in [5.41, 5.74) is 0.977. The molecule has 3 rings (SSSR count). The van der Waals surface area contributed by atoms with Crippen molar-refractivity contribution in [3.63, 3.8) is 0 Å². The number of hydrogen-bond acceptors (Lipinski definition) is 4. The highest BCUT2D eigenvalue weighted by molar-refractivity contribution is 6.33. The van der Waals surface area contributed by atoms with Gasteiger partial charge in [0.2, 0.25) is 0 Å². The van der Waals surface area contributed by atoms with Crippen LogP contribution in [-0.2, 0) is 9.53 Å². The molecule has 0 saturated carbocycles. The monoisotopic (exact) mass is 407 g/mol. The number of aryl methyl sites for hydroxylation is 1. The SMILES string of the molecule is Cc1nn(-c2ccc(F)cc2)c(Cl)c1C(=O)OCC(=O)N1[C@@H](C)CCC[C@@H]1C. The van der Waals surface area contributed by atoms with Crippen molar-refractivity contribution in [2.45, 2.75) is 52.1 Å². The van der Waals surface area contributed by atoms with E-state index >= 15 is 0 Å². The Morgan fingerprint density at radius 3 is 2.43 bits per heavy atom. The van der Waals surface area contributed by atoms with Crippen LogP contribution in [-0.4, -0.2) is 45.2 Å². The van der Waals surface area contributed by atoms with E-state index in [1.54, 1.807) is 11.8 Å². The van der Waals surface area contributed by atoms with E-state index in [9.17, 15) is 14.0 Å². The van der Waals surface area contributed by atoms with Crippen LogP contribution in [0.4, 0.5) is 4.39 Å². The third kappa shape index (κ3) is 4.04. The molecule has 1 aliphatic heterocycles. The first kappa shape index (κ1) is 20.3. The topological polar surface area (TPSA) is 64.4 Å². The fraction of sp³-hybridized carbons (Fsp3) is 0.450. The van der Waals surface area contributed by atoms with Crippen LogP contribution in [0.5, 0.6) is 0 Å². The molecule has 2 aromatic rings. The van der Waals surface area contributed by atoms with Crippen LogP contribution < -0.4 is 0 Å². The molecule has 1 aromatic carbocycles. The molecular formula is C20H23ClFN3O3. The van der Waals surface area contributed by atoms with E-state index in [0.29, 0.717) is 11.4 Å². The minimum absolute atomic E-state index is 0.0567. The molecule has 1 aliphatic rings. The second-order valence-electron chi connectivity index (χ2n) is 7.15. The van der Waals surface area contributed by atoms with E-state index in [2.05, 4.69) is 5.10 Å². The fourth-order valence-electron chi connectivity index (χ4n) is 3.67. The molecule has 0 unspecified atom stereocenters. The zero-order valence-electron chi connectivity index (χ0n) is 16.1. The summed E-state index contributed by atoms with van der Waals surface area (Å²) in [6.07, 6.45) is 2.97. The van der Waals surface area contributed by atoms with Gasteiger partial charge in [-0.05, 0) is 64.3 Å². The van der Waals surface area contributed by atoms with Crippen molar-refractivity contribution in [1.29, 1.82) is 0 Å². The standard InChI is InChI=1S/C20H23ClFN3O3/c1-12-5-4-6-13(2)24(12)17(26)11-28-20(27)18-14(3)23-25(19(18)21)16-9-7-15(22)8-10-16/h7-10,12-13H,4-6,11H2,1-3H3/t12-,13-/m0/s1. The van der Waals surface area contributed by atoms with Gasteiger partial charge in [0.15, 0.2) is 6.61 Å². The minimum atomic E-state index is -0.707. The lowest BCUT2D eigenvalue weighted by Crippen LogP contribution is -2.49. The molecule has 6 nitrogen and oxygen atoms in total. The molecular weight excluding hydrogens is 385 g/mol. The number of aromatic nitrogens is 2. The number of benzene rings is 1. The van der Waals surface area contributed by atoms with Gasteiger partial charge in [0, 0.05) is 12.1 Å². The van der Waals surface area contributed by atoms with E-state index in [-0.39, 0.29) is 41.1 Å². The summed E-state index contributed by atoms with van der Waals surface area (Å²) in [7, 11) is 0. The molecule has 1 aromatic heterocycles. The molecule has 2 heterocycles. The van der Waals surface area contributed by atoms with Crippen LogP contribution >= 0.6 is 11.6 Å². The Kier molecular flexibility index (Phi) is 6.03. The molecule has 1 saturated heterocycles. The van der Waals surface area contributed by atoms with Gasteiger partial charge in [-0.25, -0.2) is 13.9 Å². The van der Waals surface area contributed by atoms with Crippen LogP contribution in [0.15, 0.2) is 24.3 Å². The molecule has 0 radical (unpaired) electrons. The molecule has 1 amide bonds. The number of carbonyl (C=O) groups is 2. The van der Waals surface area contributed by atoms with Crippen LogP contribution in [0.25, 0.3) is 5.69 Å². The van der Waals surface area contributed by atoms with Crippen molar-refractivity contribution < 1.29 is 18.7 Å². The van der Waals surface area contributed by atoms with Crippen molar-refractivity contribution in [3.05, 3.63) is 46.5 Å². The average molecular weight is 408 g/mol. The molecule has 28 heavy (non-hydrogen) atoms. The van der Waals surface area contributed by atoms with Gasteiger partial charge in [-0.1, -0.05) is 11.6 Å². The van der Waals surface area contributed by atoms with Crippen molar-refractivity contribution in [2.24, 2.45) is 0 Å². The number of hydrogen-bond donors (Lipinski definition) is 0. The summed E-state index contributed by atoms with van der Waals surface area (Å²) in [6, 6.07) is 5.82. The number of rotatable bonds is 4. The van der Waals surface area contributed by atoms with Gasteiger partial charge < -0.3 is 9.64 Å². The number of esters is 1. The minimum Gasteiger partial charge on any atom is -0.452 e. The van der Waals surface area contributed by atoms with Gasteiger partial charge >= 0.3 is 5.97 Å². The van der Waals surface area contributed by atoms with Gasteiger partial charge in [-0.2, -0.15) is 5.10 Å². The summed E-state index contributed by atoms with van der Waals surface area (Å²) in [5, 5.41) is 4.30. The number of likely N-dealkylation sites (tertiary alicyclic amines) is 1. The first-order chi connectivity index (χ1) is 13.3. The van der Waals surface area contributed by atoms with Gasteiger partial charge in [-0.3, -0.25) is 4.79 Å². The number of piperidine rings is 1. The maximum atomic E-state index is 13.1. The highest BCUT2D eigenvalue weighted by Crippen LogP contribution is 2.25. The van der Waals surface area contributed by atoms with Gasteiger partial charge in [-0.15, -0.1) is 0 Å². The van der Waals surface area contributed by atoms with Crippen LogP contribution in [0.2, 0.25) is 5.15 Å². The summed E-state index contributed by atoms with van der Waals surface area (Å²) in [4.78, 5) is 26.9. The average Bonchev–Trinajstić information content (AvgIpc) is 2.94. The Morgan fingerprint density at radius 2 is 1.82 bits per heavy atom. The third-order valence-electron chi connectivity index (χ3n) is 5.09. The van der Waals surface area contributed by atoms with Crippen LogP contribution in [0, 0.1) is 12.7 Å². The van der Waals surface area contributed by atoms with Crippen LogP contribution in [0.1, 0.15) is 49.2 Å². The molecule has 2 atom stereocenters. The second kappa shape index (κ2) is 8.31. The second-order valence-corrected chi connectivity index (χ2v) is 7.50. The highest BCUT2D eigenvalue weighted by Gasteiger charge is 2.30. The van der Waals surface area contributed by atoms with E-state index in [4.69, 9.17) is 16.3 Å². The quantitative estimate of drug-likeness (QED) is 0.720. The Balaban J connectivity index is 1.72. The lowest BCUT2D eigenvalue weighted by molar-refractivity contribution is -0.140. The van der Waals surface area contributed by atoms with E-state index < -0.39 is 5.97 Å². The number of nitrogens with zero attached hydrogens (tertiary/aromatic N) is 3. The summed E-state index contributed by atoms with van der Waals surface area (Å²) < 4.78 is 19.7. The van der Waals surface area contributed by atoms with E-state index in [0.717, 1.165) is 19.3 Å². The van der Waals surface area contributed by atoms with Crippen molar-refractivity contribution in [1.82, 2.24) is 14.7 Å². The maximum Gasteiger partial charge on any atom is 0.343 e. The van der Waals surface area contributed by atoms with Crippen LogP contribution in [0.3, 0.4) is 0 Å². The third-order valence-corrected chi connectivity index (χ3v) is 5.44. The van der Waals surface area contributed by atoms with Crippen molar-refractivity contribution in [3.8, 4) is 5.69 Å². The molecule has 0 aliphatic carbocycles. The summed E-state index contributed by atoms with van der Waals surface area (Å²) in [6.45, 7) is 5.29. The molecule has 0 spiro atoms. The van der Waals surface area contributed by atoms with Gasteiger partial charge in [0.1, 0.15) is 16.5 Å². The first-order valence-corrected chi connectivity index (χ1v) is 9.66. The summed E-state index contributed by atoms with van der Waals surface area (Å²) >= 11 is 6.32. The Labute approximate surface area is 168 Å². The molecule has 150 valence electrons. The van der Waals surface area contributed by atoms with Gasteiger partial charge in [0.05, 0.1) is 11.4 Å². The normalized spacial score (nSPS) is 19.5. The highest BCUT2D eigenvalue weighted by atomic mass is 35.5. The smallest absolute Gasteiger partial charge is 0.343 e. The van der Waals surface area contributed by atoms with E-state index in [1.165, 1.54) is 28.9 Å². The molecule has 0 N–H and O–H groups in total. The lowest BCUT2D eigenvalue weighted by atomic mass is 9.97. The zero-order valence-corrected chi connectivity index (χ0v) is 16.9. The number of ether oxygens (including phenoxy) is 1. The summed E-state index contributed by atoms with van der Waals surface area (Å²) in [5.74, 6) is -1.31. The number of halogens is 2. The lowest BCUT2D eigenvalue weighted by Gasteiger charge is -2.38. The Bertz CT molecular complexity index is 872. The predicted octanol–water partition coefficient (Wildman–Crippen LogP) is 3.92. The number of carbonyl (C=O) groups excluding carboxylic acids is 2.